The Bertz CT molecular complexity index is 1180. The highest BCUT2D eigenvalue weighted by Crippen LogP contribution is 2.40. The minimum absolute atomic E-state index is 0.00287. The van der Waals surface area contributed by atoms with Gasteiger partial charge in [0.1, 0.15) is 12.4 Å². The molecule has 3 atom stereocenters. The third-order valence-electron chi connectivity index (χ3n) is 6.13. The van der Waals surface area contributed by atoms with E-state index in [4.69, 9.17) is 18.9 Å². The number of para-hydroxylation sites is 1. The van der Waals surface area contributed by atoms with E-state index in [0.29, 0.717) is 13.0 Å². The summed E-state index contributed by atoms with van der Waals surface area (Å²) in [5, 5.41) is 12.1. The van der Waals surface area contributed by atoms with E-state index >= 15 is 0 Å². The SMILES string of the molecule is C=CCOC(=O)NCc1ccc(C2OC(CSc3ccccc3OC)CC(c3ccc(CO)cc3)O2)cc1. The molecule has 0 aliphatic carbocycles. The third-order valence-corrected chi connectivity index (χ3v) is 7.32. The quantitative estimate of drug-likeness (QED) is 0.232. The predicted octanol–water partition coefficient (Wildman–Crippen LogP) is 5.94. The van der Waals surface area contributed by atoms with Crippen molar-refractivity contribution in [2.24, 2.45) is 0 Å². The van der Waals surface area contributed by atoms with Gasteiger partial charge in [0, 0.05) is 29.2 Å². The molecule has 0 saturated carbocycles. The van der Waals surface area contributed by atoms with Crippen LogP contribution in [0.15, 0.2) is 90.3 Å². The van der Waals surface area contributed by atoms with Gasteiger partial charge in [-0.3, -0.25) is 0 Å². The van der Waals surface area contributed by atoms with Gasteiger partial charge < -0.3 is 29.4 Å². The number of amides is 1. The number of ether oxygens (including phenoxy) is 4. The van der Waals surface area contributed by atoms with Crippen LogP contribution in [-0.2, 0) is 27.4 Å². The van der Waals surface area contributed by atoms with Crippen molar-refractivity contribution in [3.05, 3.63) is 108 Å². The Labute approximate surface area is 227 Å². The Kier molecular flexibility index (Phi) is 10.2. The Morgan fingerprint density at radius 2 is 1.76 bits per heavy atom. The van der Waals surface area contributed by atoms with Crippen LogP contribution in [0, 0.1) is 0 Å². The van der Waals surface area contributed by atoms with E-state index in [1.54, 1.807) is 18.9 Å². The number of hydrogen-bond donors (Lipinski definition) is 2. The summed E-state index contributed by atoms with van der Waals surface area (Å²) in [6.45, 7) is 4.05. The van der Waals surface area contributed by atoms with Gasteiger partial charge in [-0.2, -0.15) is 0 Å². The van der Waals surface area contributed by atoms with Crippen molar-refractivity contribution in [1.29, 1.82) is 0 Å². The number of thioether (sulfide) groups is 1. The first-order chi connectivity index (χ1) is 18.6. The fraction of sp³-hybridized carbons (Fsp3) is 0.300. The summed E-state index contributed by atoms with van der Waals surface area (Å²) < 4.78 is 23.3. The molecule has 0 bridgehead atoms. The van der Waals surface area contributed by atoms with Crippen LogP contribution in [0.3, 0.4) is 0 Å². The molecule has 3 aromatic carbocycles. The summed E-state index contributed by atoms with van der Waals surface area (Å²) >= 11 is 1.70. The summed E-state index contributed by atoms with van der Waals surface area (Å²) in [4.78, 5) is 12.8. The molecular weight excluding hydrogens is 502 g/mol. The minimum Gasteiger partial charge on any atom is -0.496 e. The van der Waals surface area contributed by atoms with E-state index in [9.17, 15) is 9.90 Å². The molecule has 0 radical (unpaired) electrons. The zero-order chi connectivity index (χ0) is 26.7. The molecule has 4 rings (SSSR count). The van der Waals surface area contributed by atoms with Gasteiger partial charge in [-0.25, -0.2) is 4.79 Å². The minimum atomic E-state index is -0.547. The van der Waals surface area contributed by atoms with Crippen molar-refractivity contribution >= 4 is 17.9 Å². The lowest BCUT2D eigenvalue weighted by atomic mass is 10.0. The number of rotatable bonds is 11. The van der Waals surface area contributed by atoms with Gasteiger partial charge >= 0.3 is 6.09 Å². The van der Waals surface area contributed by atoms with Gasteiger partial charge in [-0.05, 0) is 28.8 Å². The molecule has 1 heterocycles. The molecule has 1 saturated heterocycles. The fourth-order valence-electron chi connectivity index (χ4n) is 4.10. The second-order valence-corrected chi connectivity index (χ2v) is 9.86. The predicted molar refractivity (Wildman–Crippen MR) is 147 cm³/mol. The lowest BCUT2D eigenvalue weighted by molar-refractivity contribution is -0.245. The monoisotopic (exact) mass is 535 g/mol. The average molecular weight is 536 g/mol. The number of aliphatic hydroxyl groups excluding tert-OH is 1. The Hall–Kier alpha value is -3.30. The maximum absolute atomic E-state index is 11.7. The van der Waals surface area contributed by atoms with Crippen molar-refractivity contribution in [2.45, 2.75) is 43.0 Å². The zero-order valence-electron chi connectivity index (χ0n) is 21.4. The van der Waals surface area contributed by atoms with E-state index in [1.165, 1.54) is 6.08 Å². The lowest BCUT2D eigenvalue weighted by Gasteiger charge is -2.36. The van der Waals surface area contributed by atoms with Crippen molar-refractivity contribution in [1.82, 2.24) is 5.32 Å². The number of hydrogen-bond acceptors (Lipinski definition) is 7. The summed E-state index contributed by atoms with van der Waals surface area (Å²) in [5.74, 6) is 1.58. The molecule has 200 valence electrons. The number of carbonyl (C=O) groups excluding carboxylic acids is 1. The highest BCUT2D eigenvalue weighted by molar-refractivity contribution is 7.99. The smallest absolute Gasteiger partial charge is 0.407 e. The number of methoxy groups -OCH3 is 1. The Morgan fingerprint density at radius 1 is 1.05 bits per heavy atom. The van der Waals surface area contributed by atoms with Crippen LogP contribution < -0.4 is 10.1 Å². The molecule has 3 aromatic rings. The molecular formula is C30H33NO6S. The second-order valence-electron chi connectivity index (χ2n) is 8.79. The standard InChI is InChI=1S/C30H33NO6S/c1-3-16-35-30(33)31-18-21-8-14-24(15-9-21)29-36-25(20-38-28-7-5-4-6-26(28)34-2)17-27(37-29)23-12-10-22(19-32)11-13-23/h3-15,25,27,29,32H,1,16-20H2,2H3,(H,31,33). The molecule has 38 heavy (non-hydrogen) atoms. The van der Waals surface area contributed by atoms with E-state index in [-0.39, 0.29) is 25.4 Å². The van der Waals surface area contributed by atoms with Crippen LogP contribution >= 0.6 is 11.8 Å². The number of benzene rings is 3. The molecule has 3 unspecified atom stereocenters. The lowest BCUT2D eigenvalue weighted by Crippen LogP contribution is -2.31. The maximum atomic E-state index is 11.7. The van der Waals surface area contributed by atoms with Crippen molar-refractivity contribution < 1.29 is 28.8 Å². The summed E-state index contributed by atoms with van der Waals surface area (Å²) in [6, 6.07) is 23.6. The van der Waals surface area contributed by atoms with Crippen LogP contribution in [0.2, 0.25) is 0 Å². The molecule has 0 aromatic heterocycles. The molecule has 1 aliphatic heterocycles. The molecule has 1 amide bonds. The number of nitrogens with one attached hydrogen (secondary N) is 1. The highest BCUT2D eigenvalue weighted by atomic mass is 32.2. The fourth-order valence-corrected chi connectivity index (χ4v) is 5.14. The van der Waals surface area contributed by atoms with Crippen LogP contribution in [0.1, 0.15) is 41.1 Å². The molecule has 2 N–H and O–H groups in total. The largest absolute Gasteiger partial charge is 0.496 e. The van der Waals surface area contributed by atoms with Gasteiger partial charge in [0.2, 0.25) is 0 Å². The summed E-state index contributed by atoms with van der Waals surface area (Å²) in [7, 11) is 1.68. The Balaban J connectivity index is 1.46. The normalized spacial score (nSPS) is 18.9. The van der Waals surface area contributed by atoms with Crippen LogP contribution in [-0.4, -0.2) is 36.8 Å². The van der Waals surface area contributed by atoms with Crippen molar-refractivity contribution in [3.63, 3.8) is 0 Å². The first kappa shape index (κ1) is 27.7. The topological polar surface area (TPSA) is 86.3 Å². The maximum Gasteiger partial charge on any atom is 0.407 e. The molecule has 1 fully saturated rings. The molecule has 0 spiro atoms. The van der Waals surface area contributed by atoms with E-state index in [1.807, 2.05) is 72.8 Å². The summed E-state index contributed by atoms with van der Waals surface area (Å²) in [5.41, 5.74) is 3.73. The Morgan fingerprint density at radius 3 is 2.47 bits per heavy atom. The zero-order valence-corrected chi connectivity index (χ0v) is 22.2. The molecule has 7 nitrogen and oxygen atoms in total. The van der Waals surface area contributed by atoms with Gasteiger partial charge in [-0.15, -0.1) is 11.8 Å². The van der Waals surface area contributed by atoms with Crippen molar-refractivity contribution in [2.75, 3.05) is 19.5 Å². The van der Waals surface area contributed by atoms with Gasteiger partial charge in [0.05, 0.1) is 25.9 Å². The first-order valence-electron chi connectivity index (χ1n) is 12.5. The van der Waals surface area contributed by atoms with Crippen LogP contribution in [0.25, 0.3) is 0 Å². The van der Waals surface area contributed by atoms with E-state index in [2.05, 4.69) is 11.9 Å². The van der Waals surface area contributed by atoms with Gasteiger partial charge in [0.15, 0.2) is 6.29 Å². The molecule has 1 aliphatic rings. The first-order valence-corrected chi connectivity index (χ1v) is 13.4. The number of carbonyl (C=O) groups is 1. The highest BCUT2D eigenvalue weighted by Gasteiger charge is 2.32. The van der Waals surface area contributed by atoms with Gasteiger partial charge in [-0.1, -0.05) is 73.3 Å². The van der Waals surface area contributed by atoms with E-state index in [0.717, 1.165) is 38.7 Å². The summed E-state index contributed by atoms with van der Waals surface area (Å²) in [6.07, 6.45) is 0.964. The van der Waals surface area contributed by atoms with Crippen LogP contribution in [0.5, 0.6) is 5.75 Å². The molecule has 8 heteroatoms. The number of alkyl carbamates (subject to hydrolysis) is 1. The van der Waals surface area contributed by atoms with E-state index < -0.39 is 12.4 Å². The van der Waals surface area contributed by atoms with Crippen LogP contribution in [0.4, 0.5) is 4.79 Å². The average Bonchev–Trinajstić information content (AvgIpc) is 2.98. The van der Waals surface area contributed by atoms with Crippen molar-refractivity contribution in [3.8, 4) is 5.75 Å². The number of aliphatic hydroxyl groups is 1. The van der Waals surface area contributed by atoms with Gasteiger partial charge in [0.25, 0.3) is 0 Å². The third kappa shape index (κ3) is 7.61. The second kappa shape index (κ2) is 14.0.